The zero-order chi connectivity index (χ0) is 14.8. The zero-order valence-corrected chi connectivity index (χ0v) is 10.8. The second-order valence-corrected chi connectivity index (χ2v) is 4.36. The first kappa shape index (κ1) is 15.4. The van der Waals surface area contributed by atoms with Gasteiger partial charge in [-0.2, -0.15) is 13.2 Å². The number of aromatic carboxylic acids is 1. The standard InChI is InChI=1S/C12H10ClF3O3/c1-6(3-4-7(2)13)9-5-8(11(17)18)10(19-9)12(14,15)16/h3-5H,1-2H3,(H,17,18)/b6-3+,7-4+. The minimum absolute atomic E-state index is 0.168. The lowest BCUT2D eigenvalue weighted by Crippen LogP contribution is -2.09. The maximum absolute atomic E-state index is 12.6. The van der Waals surface area contributed by atoms with Crippen molar-refractivity contribution in [2.45, 2.75) is 20.0 Å². The molecule has 1 N–H and O–H groups in total. The number of rotatable bonds is 3. The largest absolute Gasteiger partial charge is 0.478 e. The average Bonchev–Trinajstić information content (AvgIpc) is 2.70. The maximum Gasteiger partial charge on any atom is 0.450 e. The van der Waals surface area contributed by atoms with Gasteiger partial charge in [0, 0.05) is 5.03 Å². The highest BCUT2D eigenvalue weighted by molar-refractivity contribution is 6.29. The van der Waals surface area contributed by atoms with Gasteiger partial charge >= 0.3 is 12.1 Å². The molecular formula is C12H10ClF3O3. The van der Waals surface area contributed by atoms with E-state index < -0.39 is 23.5 Å². The van der Waals surface area contributed by atoms with Crippen molar-refractivity contribution in [2.75, 3.05) is 0 Å². The molecule has 0 atom stereocenters. The third kappa shape index (κ3) is 3.89. The summed E-state index contributed by atoms with van der Waals surface area (Å²) < 4.78 is 42.4. The van der Waals surface area contributed by atoms with Crippen molar-refractivity contribution < 1.29 is 27.5 Å². The second-order valence-electron chi connectivity index (χ2n) is 3.76. The number of hydrogen-bond acceptors (Lipinski definition) is 2. The summed E-state index contributed by atoms with van der Waals surface area (Å²) in [4.78, 5) is 10.8. The van der Waals surface area contributed by atoms with Crippen LogP contribution in [0.25, 0.3) is 5.57 Å². The van der Waals surface area contributed by atoms with Crippen LogP contribution in [0.4, 0.5) is 13.2 Å². The van der Waals surface area contributed by atoms with E-state index in [0.29, 0.717) is 10.6 Å². The van der Waals surface area contributed by atoms with Crippen molar-refractivity contribution in [1.29, 1.82) is 0 Å². The fourth-order valence-electron chi connectivity index (χ4n) is 1.28. The minimum atomic E-state index is -4.86. The summed E-state index contributed by atoms with van der Waals surface area (Å²) in [5.74, 6) is -3.38. The number of allylic oxidation sites excluding steroid dienone is 4. The Hall–Kier alpha value is -1.69. The normalized spacial score (nSPS) is 13.8. The SMILES string of the molecule is C/C(Cl)=C\C=C(/C)c1cc(C(=O)O)c(C(F)(F)F)o1. The zero-order valence-electron chi connectivity index (χ0n) is 10.0. The first-order valence-corrected chi connectivity index (χ1v) is 5.46. The summed E-state index contributed by atoms with van der Waals surface area (Å²) in [6.45, 7) is 3.08. The van der Waals surface area contributed by atoms with E-state index in [9.17, 15) is 18.0 Å². The van der Waals surface area contributed by atoms with Gasteiger partial charge in [-0.05, 0) is 31.6 Å². The lowest BCUT2D eigenvalue weighted by molar-refractivity contribution is -0.153. The van der Waals surface area contributed by atoms with E-state index in [0.717, 1.165) is 6.07 Å². The Bertz CT molecular complexity index is 549. The van der Waals surface area contributed by atoms with Gasteiger partial charge in [0.05, 0.1) is 0 Å². The van der Waals surface area contributed by atoms with Gasteiger partial charge in [-0.15, -0.1) is 0 Å². The molecule has 0 aromatic carbocycles. The molecule has 0 aliphatic carbocycles. The number of carboxylic acid groups (broad SMARTS) is 1. The predicted octanol–water partition coefficient (Wildman–Crippen LogP) is 4.54. The Labute approximate surface area is 112 Å². The van der Waals surface area contributed by atoms with Crippen molar-refractivity contribution in [1.82, 2.24) is 0 Å². The van der Waals surface area contributed by atoms with Gasteiger partial charge in [-0.1, -0.05) is 17.7 Å². The number of hydrogen-bond donors (Lipinski definition) is 1. The number of halogens is 4. The molecule has 1 aromatic rings. The summed E-state index contributed by atoms with van der Waals surface area (Å²) in [6.07, 6.45) is -1.95. The highest BCUT2D eigenvalue weighted by Gasteiger charge is 2.40. The fourth-order valence-corrected chi connectivity index (χ4v) is 1.34. The van der Waals surface area contributed by atoms with E-state index in [1.54, 1.807) is 6.92 Å². The van der Waals surface area contributed by atoms with Crippen molar-refractivity contribution in [3.8, 4) is 0 Å². The molecule has 19 heavy (non-hydrogen) atoms. The van der Waals surface area contributed by atoms with Crippen LogP contribution in [-0.4, -0.2) is 11.1 Å². The third-order valence-electron chi connectivity index (χ3n) is 2.17. The van der Waals surface area contributed by atoms with Crippen LogP contribution in [0, 0.1) is 0 Å². The Kier molecular flexibility index (Phi) is 4.47. The van der Waals surface area contributed by atoms with E-state index in [2.05, 4.69) is 4.42 Å². The topological polar surface area (TPSA) is 50.4 Å². The molecule has 104 valence electrons. The van der Waals surface area contributed by atoms with E-state index in [-0.39, 0.29) is 5.76 Å². The lowest BCUT2D eigenvalue weighted by Gasteiger charge is -2.03. The van der Waals surface area contributed by atoms with Gasteiger partial charge in [0.2, 0.25) is 5.76 Å². The van der Waals surface area contributed by atoms with Crippen LogP contribution in [-0.2, 0) is 6.18 Å². The van der Waals surface area contributed by atoms with Crippen LogP contribution in [0.15, 0.2) is 27.7 Å². The molecule has 0 saturated carbocycles. The van der Waals surface area contributed by atoms with Crippen LogP contribution in [0.1, 0.15) is 35.7 Å². The summed E-state index contributed by atoms with van der Waals surface area (Å²) in [6, 6.07) is 0.842. The van der Waals surface area contributed by atoms with Crippen molar-refractivity contribution in [3.63, 3.8) is 0 Å². The Morgan fingerprint density at radius 2 is 1.95 bits per heavy atom. The molecule has 3 nitrogen and oxygen atoms in total. The van der Waals surface area contributed by atoms with Crippen LogP contribution in [0.5, 0.6) is 0 Å². The smallest absolute Gasteiger partial charge is 0.450 e. The van der Waals surface area contributed by atoms with E-state index in [1.807, 2.05) is 0 Å². The third-order valence-corrected chi connectivity index (χ3v) is 2.30. The molecule has 1 rings (SSSR count). The van der Waals surface area contributed by atoms with E-state index in [1.165, 1.54) is 19.1 Å². The fraction of sp³-hybridized carbons (Fsp3) is 0.250. The first-order chi connectivity index (χ1) is 8.62. The number of furan rings is 1. The molecule has 0 bridgehead atoms. The van der Waals surface area contributed by atoms with Gasteiger partial charge in [0.25, 0.3) is 0 Å². The van der Waals surface area contributed by atoms with Crippen molar-refractivity contribution in [2.24, 2.45) is 0 Å². The molecule has 0 fully saturated rings. The Balaban J connectivity index is 3.30. The summed E-state index contributed by atoms with van der Waals surface area (Å²) in [7, 11) is 0. The molecule has 0 aliphatic rings. The molecule has 0 amide bonds. The lowest BCUT2D eigenvalue weighted by atomic mass is 10.1. The molecular weight excluding hydrogens is 285 g/mol. The van der Waals surface area contributed by atoms with Crippen LogP contribution < -0.4 is 0 Å². The van der Waals surface area contributed by atoms with Crippen LogP contribution in [0.2, 0.25) is 0 Å². The molecule has 7 heteroatoms. The van der Waals surface area contributed by atoms with Crippen LogP contribution in [0.3, 0.4) is 0 Å². The molecule has 0 radical (unpaired) electrons. The Morgan fingerprint density at radius 3 is 2.32 bits per heavy atom. The van der Waals surface area contributed by atoms with Crippen molar-refractivity contribution in [3.05, 3.63) is 40.3 Å². The monoisotopic (exact) mass is 294 g/mol. The average molecular weight is 295 g/mol. The van der Waals surface area contributed by atoms with Gasteiger partial charge in [-0.3, -0.25) is 0 Å². The summed E-state index contributed by atoms with van der Waals surface area (Å²) in [5, 5.41) is 9.16. The highest BCUT2D eigenvalue weighted by Crippen LogP contribution is 2.35. The van der Waals surface area contributed by atoms with Crippen molar-refractivity contribution >= 4 is 23.1 Å². The quantitative estimate of drug-likeness (QED) is 0.832. The Morgan fingerprint density at radius 1 is 1.37 bits per heavy atom. The predicted molar refractivity (Wildman–Crippen MR) is 63.9 cm³/mol. The number of carbonyl (C=O) groups is 1. The van der Waals surface area contributed by atoms with E-state index >= 15 is 0 Å². The molecule has 0 aliphatic heterocycles. The van der Waals surface area contributed by atoms with E-state index in [4.69, 9.17) is 16.7 Å². The molecule has 0 saturated heterocycles. The summed E-state index contributed by atoms with van der Waals surface area (Å²) in [5.41, 5.74) is -0.583. The van der Waals surface area contributed by atoms with Gasteiger partial charge in [0.15, 0.2) is 0 Å². The molecule has 0 unspecified atom stereocenters. The van der Waals surface area contributed by atoms with Crippen LogP contribution >= 0.6 is 11.6 Å². The summed E-state index contributed by atoms with van der Waals surface area (Å²) >= 11 is 5.58. The highest BCUT2D eigenvalue weighted by atomic mass is 35.5. The van der Waals surface area contributed by atoms with Gasteiger partial charge < -0.3 is 9.52 Å². The first-order valence-electron chi connectivity index (χ1n) is 5.08. The second kappa shape index (κ2) is 5.52. The molecule has 0 spiro atoms. The number of alkyl halides is 3. The molecule has 1 heterocycles. The van der Waals surface area contributed by atoms with Gasteiger partial charge in [0.1, 0.15) is 11.3 Å². The van der Waals surface area contributed by atoms with Gasteiger partial charge in [-0.25, -0.2) is 4.79 Å². The maximum atomic E-state index is 12.6. The molecule has 1 aromatic heterocycles. The number of carboxylic acids is 1. The minimum Gasteiger partial charge on any atom is -0.478 e.